The molecule has 0 spiro atoms. The number of rotatable bonds is 5. The van der Waals surface area contributed by atoms with Crippen molar-refractivity contribution in [3.8, 4) is 0 Å². The van der Waals surface area contributed by atoms with Gasteiger partial charge in [0.25, 0.3) is 5.91 Å². The van der Waals surface area contributed by atoms with E-state index in [9.17, 15) is 19.7 Å². The highest BCUT2D eigenvalue weighted by molar-refractivity contribution is 5.89. The van der Waals surface area contributed by atoms with Crippen molar-refractivity contribution in [3.05, 3.63) is 28.0 Å². The topological polar surface area (TPSA) is 112 Å². The SMILES string of the molecule is C[C@@H]1[C@H](C)CCC[C@H]1NC(=O)COC(=O)c1ccc([N+](=O)[O-])o1. The number of nitro groups is 1. The number of esters is 1. The Morgan fingerprint density at radius 2 is 2.13 bits per heavy atom. The molecule has 8 nitrogen and oxygen atoms in total. The summed E-state index contributed by atoms with van der Waals surface area (Å²) in [5.41, 5.74) is 0. The van der Waals surface area contributed by atoms with Crippen LogP contribution in [0.3, 0.4) is 0 Å². The average molecular weight is 324 g/mol. The maximum Gasteiger partial charge on any atom is 0.433 e. The van der Waals surface area contributed by atoms with Crippen LogP contribution in [0.15, 0.2) is 16.5 Å². The molecule has 1 fully saturated rings. The standard InChI is InChI=1S/C15H20N2O6/c1-9-4-3-5-11(10(9)2)16-13(18)8-22-15(19)12-6-7-14(23-12)17(20)21/h6-7,9-11H,3-5,8H2,1-2H3,(H,16,18)/t9-,10-,11-/m1/s1. The van der Waals surface area contributed by atoms with Gasteiger partial charge in [0.15, 0.2) is 6.61 Å². The molecule has 0 bridgehead atoms. The molecule has 1 amide bonds. The third-order valence-electron chi connectivity index (χ3n) is 4.36. The van der Waals surface area contributed by atoms with E-state index in [-0.39, 0.29) is 17.7 Å². The maximum atomic E-state index is 11.9. The smallest absolute Gasteiger partial charge is 0.433 e. The molecule has 0 unspecified atom stereocenters. The van der Waals surface area contributed by atoms with Crippen molar-refractivity contribution >= 4 is 17.8 Å². The molecule has 3 atom stereocenters. The zero-order chi connectivity index (χ0) is 17.0. The number of nitrogens with one attached hydrogen (secondary N) is 1. The highest BCUT2D eigenvalue weighted by atomic mass is 16.7. The third-order valence-corrected chi connectivity index (χ3v) is 4.36. The number of carbonyl (C=O) groups is 2. The molecule has 0 saturated heterocycles. The van der Waals surface area contributed by atoms with Crippen LogP contribution < -0.4 is 5.32 Å². The second kappa shape index (κ2) is 7.26. The second-order valence-corrected chi connectivity index (χ2v) is 5.91. The van der Waals surface area contributed by atoms with Crippen LogP contribution in [-0.2, 0) is 9.53 Å². The summed E-state index contributed by atoms with van der Waals surface area (Å²) in [4.78, 5) is 33.3. The van der Waals surface area contributed by atoms with Gasteiger partial charge in [0.2, 0.25) is 5.76 Å². The summed E-state index contributed by atoms with van der Waals surface area (Å²) >= 11 is 0. The van der Waals surface area contributed by atoms with Gasteiger partial charge in [-0.3, -0.25) is 14.9 Å². The maximum absolute atomic E-state index is 11.9. The van der Waals surface area contributed by atoms with Gasteiger partial charge in [-0.05, 0) is 24.3 Å². The predicted molar refractivity (Wildman–Crippen MR) is 79.8 cm³/mol. The normalized spacial score (nSPS) is 24.0. The zero-order valence-corrected chi connectivity index (χ0v) is 13.1. The minimum absolute atomic E-state index is 0.0784. The first kappa shape index (κ1) is 17.0. The van der Waals surface area contributed by atoms with E-state index in [4.69, 9.17) is 9.15 Å². The van der Waals surface area contributed by atoms with E-state index >= 15 is 0 Å². The van der Waals surface area contributed by atoms with Crippen LogP contribution in [0.25, 0.3) is 0 Å². The Labute approximate surface area is 133 Å². The first-order chi connectivity index (χ1) is 10.9. The molecule has 0 aromatic carbocycles. The number of furan rings is 1. The molecule has 1 aromatic rings. The number of amides is 1. The lowest BCUT2D eigenvalue weighted by Gasteiger charge is -2.34. The summed E-state index contributed by atoms with van der Waals surface area (Å²) in [7, 11) is 0. The van der Waals surface area contributed by atoms with Gasteiger partial charge in [-0.1, -0.05) is 26.7 Å². The van der Waals surface area contributed by atoms with Crippen LogP contribution in [0.2, 0.25) is 0 Å². The largest absolute Gasteiger partial charge is 0.450 e. The molecular weight excluding hydrogens is 304 g/mol. The number of ether oxygens (including phenoxy) is 1. The molecule has 8 heteroatoms. The van der Waals surface area contributed by atoms with E-state index < -0.39 is 23.4 Å². The van der Waals surface area contributed by atoms with Crippen molar-refractivity contribution in [1.82, 2.24) is 5.32 Å². The molecule has 126 valence electrons. The molecule has 1 heterocycles. The van der Waals surface area contributed by atoms with Gasteiger partial charge in [0, 0.05) is 6.04 Å². The van der Waals surface area contributed by atoms with Gasteiger partial charge < -0.3 is 14.5 Å². The summed E-state index contributed by atoms with van der Waals surface area (Å²) < 4.78 is 9.53. The molecule has 0 aliphatic heterocycles. The minimum atomic E-state index is -0.904. The molecule has 1 N–H and O–H groups in total. The Hall–Kier alpha value is -2.38. The van der Waals surface area contributed by atoms with Crippen LogP contribution in [0, 0.1) is 22.0 Å². The van der Waals surface area contributed by atoms with Crippen molar-refractivity contribution in [2.24, 2.45) is 11.8 Å². The number of hydrogen-bond acceptors (Lipinski definition) is 6. The molecule has 23 heavy (non-hydrogen) atoms. The molecule has 0 radical (unpaired) electrons. The van der Waals surface area contributed by atoms with Crippen molar-refractivity contribution in [2.45, 2.75) is 39.2 Å². The van der Waals surface area contributed by atoms with Crippen molar-refractivity contribution in [2.75, 3.05) is 6.61 Å². The van der Waals surface area contributed by atoms with E-state index in [1.165, 1.54) is 0 Å². The number of hydrogen-bond donors (Lipinski definition) is 1. The fourth-order valence-corrected chi connectivity index (χ4v) is 2.77. The Balaban J connectivity index is 1.81. The Morgan fingerprint density at radius 3 is 2.78 bits per heavy atom. The molecule has 1 aromatic heterocycles. The van der Waals surface area contributed by atoms with E-state index in [0.29, 0.717) is 11.8 Å². The highest BCUT2D eigenvalue weighted by Crippen LogP contribution is 2.29. The van der Waals surface area contributed by atoms with Gasteiger partial charge >= 0.3 is 11.9 Å². The van der Waals surface area contributed by atoms with Gasteiger partial charge in [-0.15, -0.1) is 0 Å². The third kappa shape index (κ3) is 4.30. The summed E-state index contributed by atoms with van der Waals surface area (Å²) in [6, 6.07) is 2.28. The second-order valence-electron chi connectivity index (χ2n) is 5.91. The monoisotopic (exact) mass is 324 g/mol. The van der Waals surface area contributed by atoms with Gasteiger partial charge in [0.1, 0.15) is 4.92 Å². The van der Waals surface area contributed by atoms with Gasteiger partial charge in [-0.2, -0.15) is 0 Å². The fraction of sp³-hybridized carbons (Fsp3) is 0.600. The van der Waals surface area contributed by atoms with Crippen LogP contribution in [0.4, 0.5) is 5.88 Å². The minimum Gasteiger partial charge on any atom is -0.450 e. The van der Waals surface area contributed by atoms with Crippen LogP contribution >= 0.6 is 0 Å². The molecule has 1 saturated carbocycles. The van der Waals surface area contributed by atoms with Crippen molar-refractivity contribution in [3.63, 3.8) is 0 Å². The van der Waals surface area contributed by atoms with Crippen LogP contribution in [0.5, 0.6) is 0 Å². The molecule has 1 aliphatic rings. The van der Waals surface area contributed by atoms with E-state index in [1.54, 1.807) is 0 Å². The summed E-state index contributed by atoms with van der Waals surface area (Å²) in [5, 5.41) is 13.4. The average Bonchev–Trinajstić information content (AvgIpc) is 3.00. The number of nitrogens with zero attached hydrogens (tertiary/aromatic N) is 1. The summed E-state index contributed by atoms with van der Waals surface area (Å²) in [6.45, 7) is 3.82. The Kier molecular flexibility index (Phi) is 5.36. The van der Waals surface area contributed by atoms with E-state index in [2.05, 4.69) is 19.2 Å². The van der Waals surface area contributed by atoms with E-state index in [1.807, 2.05) is 0 Å². The summed E-state index contributed by atoms with van der Waals surface area (Å²) in [5.74, 6) is -1.23. The van der Waals surface area contributed by atoms with Crippen LogP contribution in [-0.4, -0.2) is 29.4 Å². The first-order valence-electron chi connectivity index (χ1n) is 7.59. The lowest BCUT2D eigenvalue weighted by atomic mass is 9.78. The summed E-state index contributed by atoms with van der Waals surface area (Å²) in [6.07, 6.45) is 3.13. The number of carbonyl (C=O) groups excluding carboxylic acids is 2. The van der Waals surface area contributed by atoms with Crippen molar-refractivity contribution in [1.29, 1.82) is 0 Å². The molecule has 2 rings (SSSR count). The first-order valence-corrected chi connectivity index (χ1v) is 7.59. The van der Waals surface area contributed by atoms with Gasteiger partial charge in [0.05, 0.1) is 6.07 Å². The van der Waals surface area contributed by atoms with Crippen molar-refractivity contribution < 1.29 is 23.7 Å². The van der Waals surface area contributed by atoms with E-state index in [0.717, 1.165) is 31.4 Å². The lowest BCUT2D eigenvalue weighted by Crippen LogP contribution is -2.45. The Bertz CT molecular complexity index is 597. The molecule has 1 aliphatic carbocycles. The van der Waals surface area contributed by atoms with Crippen LogP contribution in [0.1, 0.15) is 43.7 Å². The zero-order valence-electron chi connectivity index (χ0n) is 13.1. The molecular formula is C15H20N2O6. The highest BCUT2D eigenvalue weighted by Gasteiger charge is 2.28. The predicted octanol–water partition coefficient (Wildman–Crippen LogP) is 2.29. The fourth-order valence-electron chi connectivity index (χ4n) is 2.77. The Morgan fingerprint density at radius 1 is 1.39 bits per heavy atom. The quantitative estimate of drug-likeness (QED) is 0.505. The lowest BCUT2D eigenvalue weighted by molar-refractivity contribution is -0.402. The van der Waals surface area contributed by atoms with Gasteiger partial charge in [-0.25, -0.2) is 4.79 Å².